The Hall–Kier alpha value is -11.9. The van der Waals surface area contributed by atoms with Gasteiger partial charge in [-0.25, -0.2) is 39.7 Å². The predicted molar refractivity (Wildman–Crippen MR) is 340 cm³/mol. The molecule has 0 saturated carbocycles. The minimum Gasteiger partial charge on any atom is -0.382 e. The molecule has 86 heavy (non-hydrogen) atoms. The van der Waals surface area contributed by atoms with Gasteiger partial charge in [0.2, 0.25) is 5.95 Å². The zero-order valence-electron chi connectivity index (χ0n) is 49.9. The summed E-state index contributed by atoms with van der Waals surface area (Å²) in [6.45, 7) is 16.0. The van der Waals surface area contributed by atoms with E-state index in [0.717, 1.165) is 22.3 Å². The van der Waals surface area contributed by atoms with Crippen LogP contribution in [0.5, 0.6) is 0 Å². The van der Waals surface area contributed by atoms with E-state index in [2.05, 4.69) is 107 Å². The van der Waals surface area contributed by atoms with Crippen molar-refractivity contribution in [3.05, 3.63) is 221 Å². The van der Waals surface area contributed by atoms with Crippen molar-refractivity contribution in [1.29, 1.82) is 0 Å². The topological polar surface area (TPSA) is 306 Å². The van der Waals surface area contributed by atoms with Gasteiger partial charge in [0.15, 0.2) is 68.1 Å². The Labute approximate surface area is 496 Å². The highest BCUT2D eigenvalue weighted by Crippen LogP contribution is 2.16. The molecule has 0 unspecified atom stereocenters. The number of hydrogen-bond acceptors (Lipinski definition) is 14. The van der Waals surface area contributed by atoms with E-state index in [0.29, 0.717) is 62.7 Å². The molecule has 0 fully saturated rings. The van der Waals surface area contributed by atoms with Crippen LogP contribution in [0.1, 0.15) is 101 Å². The van der Waals surface area contributed by atoms with E-state index >= 15 is 0 Å². The maximum Gasteiger partial charge on any atom is 0.327 e. The number of hydrogen-bond donors (Lipinski definition) is 6. The molecule has 8 heterocycles. The van der Waals surface area contributed by atoms with E-state index in [1.165, 1.54) is 12.7 Å². The number of aromatic amines is 4. The molecule has 12 rings (SSSR count). The smallest absolute Gasteiger partial charge is 0.327 e. The molecule has 22 nitrogen and oxygen atoms in total. The molecule has 12 aromatic rings. The summed E-state index contributed by atoms with van der Waals surface area (Å²) in [5.41, 5.74) is 16.4. The van der Waals surface area contributed by atoms with Crippen molar-refractivity contribution in [1.82, 2.24) is 78.1 Å². The fraction of sp³-hybridized carbons (Fsp3) is 0.188. The molecule has 8 aromatic heterocycles. The molecule has 0 amide bonds. The number of benzene rings is 4. The summed E-state index contributed by atoms with van der Waals surface area (Å²) < 4.78 is 6.75. The number of fused-ring (bicyclic) bond motifs is 4. The Morgan fingerprint density at radius 1 is 0.372 bits per heavy atom. The van der Waals surface area contributed by atoms with Gasteiger partial charge < -0.3 is 34.7 Å². The lowest BCUT2D eigenvalue weighted by atomic mass is 10.2. The number of nitrogen functional groups attached to an aromatic ring is 2. The van der Waals surface area contributed by atoms with Crippen LogP contribution in [0.3, 0.4) is 0 Å². The molecule has 0 aliphatic rings. The zero-order chi connectivity index (χ0) is 62.7. The minimum atomic E-state index is -0.562. The average Bonchev–Trinajstić information content (AvgIpc) is 3.61. The molecule has 8 N–H and O–H groups in total. The quantitative estimate of drug-likeness (QED) is 0.0802. The molecule has 0 spiro atoms. The van der Waals surface area contributed by atoms with Crippen LogP contribution in [-0.4, -0.2) is 78.1 Å². The number of aromatic nitrogens is 16. The van der Waals surface area contributed by atoms with Crippen LogP contribution in [0.2, 0.25) is 0 Å². The molecule has 0 atom stereocenters. The van der Waals surface area contributed by atoms with E-state index in [-0.39, 0.29) is 28.1 Å². The number of nitrogens with two attached hydrogens (primary N) is 2. The summed E-state index contributed by atoms with van der Waals surface area (Å²) in [6.07, 6.45) is 2.79. The second-order valence-electron chi connectivity index (χ2n) is 16.5. The fourth-order valence-electron chi connectivity index (χ4n) is 7.26. The average molecular weight is 1150 g/mol. The highest BCUT2D eigenvalue weighted by molar-refractivity contribution is 5.82. The minimum absolute atomic E-state index is 0.0630. The van der Waals surface area contributed by atoms with Crippen molar-refractivity contribution < 1.29 is 0 Å². The van der Waals surface area contributed by atoms with Crippen molar-refractivity contribution >= 4 is 56.4 Å². The van der Waals surface area contributed by atoms with Gasteiger partial charge in [-0.15, -0.1) is 0 Å². The molecule has 0 saturated heterocycles. The van der Waals surface area contributed by atoms with E-state index in [9.17, 15) is 19.2 Å². The monoisotopic (exact) mass is 1150 g/mol. The first kappa shape index (κ1) is 64.9. The second kappa shape index (κ2) is 32.5. The predicted octanol–water partition coefficient (Wildman–Crippen LogP) is 7.49. The molecule has 436 valence electrons. The van der Waals surface area contributed by atoms with E-state index in [1.807, 2.05) is 188 Å². The van der Waals surface area contributed by atoms with E-state index in [1.54, 1.807) is 34.8 Å². The molecular weight excluding hydrogens is 1080 g/mol. The normalized spacial score (nSPS) is 9.53. The van der Waals surface area contributed by atoms with Gasteiger partial charge in [0.25, 0.3) is 16.7 Å². The molecular formula is C64H66N18O4. The Morgan fingerprint density at radius 3 is 1.15 bits per heavy atom. The highest BCUT2D eigenvalue weighted by Gasteiger charge is 2.14. The number of nitrogens with zero attached hydrogens (tertiary/aromatic N) is 12. The summed E-state index contributed by atoms with van der Waals surface area (Å²) in [4.78, 5) is 89.0. The van der Waals surface area contributed by atoms with Crippen molar-refractivity contribution in [3.63, 3.8) is 0 Å². The lowest BCUT2D eigenvalue weighted by Crippen LogP contribution is -2.22. The third-order valence-corrected chi connectivity index (χ3v) is 11.2. The third kappa shape index (κ3) is 16.6. The van der Waals surface area contributed by atoms with Crippen LogP contribution in [0.15, 0.2) is 153 Å². The lowest BCUT2D eigenvalue weighted by molar-refractivity contribution is 0.901. The first-order valence-electron chi connectivity index (χ1n) is 27.3. The maximum absolute atomic E-state index is 11.7. The standard InChI is InChI=1S/C14H11N5O.C14H11N5.C14H10N4O2.C14H10N4O.4C2H6/c1-19-10(8-7-9-5-3-2-4-6-9)16-11-12(19)17-14(15)18-13(11)20;1-19-11(8-7-10-5-3-2-4-6-10)18-12-13(15)16-9-17-14(12)19;1-18-10(8-7-9-5-3-2-4-6-9)15-11-12(18)16-14(20)17-13(11)19;1-18-11(8-7-10-5-3-2-4-6-10)17-12-13(18)15-9-16-14(12)19;4*1-2/h2-6H,1H3,(H3,15,17,18,20);2-6,9H,1H3,(H2,15,16,17);2-6H,1H3,(H2,16,17,19,20);2-6,9H,1H3,(H,15,16,19);4*1-2H3. The van der Waals surface area contributed by atoms with E-state index < -0.39 is 11.2 Å². The zero-order valence-corrected chi connectivity index (χ0v) is 49.9. The summed E-state index contributed by atoms with van der Waals surface area (Å²) in [5, 5.41) is 0. The van der Waals surface area contributed by atoms with Crippen LogP contribution >= 0.6 is 0 Å². The lowest BCUT2D eigenvalue weighted by Gasteiger charge is -1.95. The van der Waals surface area contributed by atoms with Gasteiger partial charge in [-0.2, -0.15) is 4.98 Å². The molecule has 0 aliphatic carbocycles. The first-order valence-corrected chi connectivity index (χ1v) is 27.3. The van der Waals surface area contributed by atoms with Crippen LogP contribution in [-0.2, 0) is 28.2 Å². The first-order chi connectivity index (χ1) is 41.8. The van der Waals surface area contributed by atoms with Gasteiger partial charge in [-0.3, -0.25) is 29.3 Å². The van der Waals surface area contributed by atoms with Crippen LogP contribution in [0, 0.1) is 47.4 Å². The molecule has 0 bridgehead atoms. The fourth-order valence-corrected chi connectivity index (χ4v) is 7.26. The Kier molecular flexibility index (Phi) is 24.6. The number of H-pyrrole nitrogens is 4. The highest BCUT2D eigenvalue weighted by atomic mass is 16.2. The molecule has 0 aliphatic heterocycles. The summed E-state index contributed by atoms with van der Waals surface area (Å²) in [5.74, 6) is 26.3. The van der Waals surface area contributed by atoms with Crippen molar-refractivity contribution in [2.24, 2.45) is 28.2 Å². The van der Waals surface area contributed by atoms with Crippen LogP contribution in [0.25, 0.3) is 44.7 Å². The number of aryl methyl sites for hydroxylation is 4. The SMILES string of the molecule is CC.CC.CC.CC.Cn1c(C#Cc2ccccc2)nc2c(=O)[nH]c(=O)[nH]c21.Cn1c(C#Cc2ccccc2)nc2c(=O)[nH]c(N)nc21.Cn1c(C#Cc2ccccc2)nc2c(=O)[nH]cnc21.Cn1c(C#Cc2ccccc2)nc2c(N)ncnc21. The number of anilines is 2. The summed E-state index contributed by atoms with van der Waals surface area (Å²) in [6, 6.07) is 38.3. The van der Waals surface area contributed by atoms with Gasteiger partial charge in [0, 0.05) is 50.4 Å². The molecule has 0 radical (unpaired) electrons. The van der Waals surface area contributed by atoms with Gasteiger partial charge in [0.1, 0.15) is 12.0 Å². The van der Waals surface area contributed by atoms with Gasteiger partial charge >= 0.3 is 5.69 Å². The Morgan fingerprint density at radius 2 is 0.733 bits per heavy atom. The summed E-state index contributed by atoms with van der Waals surface area (Å²) in [7, 11) is 7.09. The Bertz CT molecular complexity index is 4700. The third-order valence-electron chi connectivity index (χ3n) is 11.2. The van der Waals surface area contributed by atoms with Gasteiger partial charge in [-0.1, -0.05) is 152 Å². The molecule has 22 heteroatoms. The largest absolute Gasteiger partial charge is 0.382 e. The number of imidazole rings is 4. The van der Waals surface area contributed by atoms with Crippen LogP contribution < -0.4 is 33.8 Å². The van der Waals surface area contributed by atoms with Crippen molar-refractivity contribution in [3.8, 4) is 47.4 Å². The van der Waals surface area contributed by atoms with E-state index in [4.69, 9.17) is 11.5 Å². The van der Waals surface area contributed by atoms with Gasteiger partial charge in [-0.05, 0) is 72.2 Å². The second-order valence-corrected chi connectivity index (χ2v) is 16.5. The molecule has 4 aromatic carbocycles. The number of nitrogens with one attached hydrogen (secondary N) is 4. The maximum atomic E-state index is 11.7. The van der Waals surface area contributed by atoms with Gasteiger partial charge in [0.05, 0.1) is 6.33 Å². The van der Waals surface area contributed by atoms with Crippen molar-refractivity contribution in [2.45, 2.75) is 55.4 Å². The van der Waals surface area contributed by atoms with Crippen molar-refractivity contribution in [2.75, 3.05) is 11.5 Å². The Balaban J connectivity index is 0.000000201. The summed E-state index contributed by atoms with van der Waals surface area (Å²) >= 11 is 0. The van der Waals surface area contributed by atoms with Crippen LogP contribution in [0.4, 0.5) is 11.8 Å². The number of rotatable bonds is 0.